The summed E-state index contributed by atoms with van der Waals surface area (Å²) in [5.41, 5.74) is 0.710. The highest BCUT2D eigenvalue weighted by molar-refractivity contribution is 6.31. The Morgan fingerprint density at radius 1 is 1.19 bits per heavy atom. The fourth-order valence-electron chi connectivity index (χ4n) is 2.41. The SMILES string of the molecule is CC(C)C[C@H](NC(=O)CNC(=O)c1ccc2ccc(Cl)cc2n1)C(=O)O. The first-order valence-corrected chi connectivity index (χ1v) is 8.50. The molecule has 0 unspecified atom stereocenters. The minimum atomic E-state index is -1.11. The molecule has 2 rings (SSSR count). The number of aromatic nitrogens is 1. The zero-order chi connectivity index (χ0) is 19.3. The smallest absolute Gasteiger partial charge is 0.326 e. The van der Waals surface area contributed by atoms with Gasteiger partial charge >= 0.3 is 5.97 Å². The number of aliphatic carboxylic acids is 1. The van der Waals surface area contributed by atoms with Gasteiger partial charge in [-0.1, -0.05) is 37.6 Å². The minimum absolute atomic E-state index is 0.111. The van der Waals surface area contributed by atoms with Crippen LogP contribution >= 0.6 is 11.6 Å². The lowest BCUT2D eigenvalue weighted by Crippen LogP contribution is -2.46. The van der Waals surface area contributed by atoms with E-state index in [1.54, 1.807) is 30.3 Å². The van der Waals surface area contributed by atoms with Crippen molar-refractivity contribution in [2.24, 2.45) is 5.92 Å². The number of rotatable bonds is 7. The standard InChI is InChI=1S/C18H20ClN3O4/c1-10(2)7-15(18(25)26)22-16(23)9-20-17(24)13-6-4-11-3-5-12(19)8-14(11)21-13/h3-6,8,10,15H,7,9H2,1-2H3,(H,20,24)(H,22,23)(H,25,26)/t15-/m0/s1. The molecule has 0 aliphatic rings. The normalized spacial score (nSPS) is 12.0. The maximum absolute atomic E-state index is 12.2. The number of nitrogens with zero attached hydrogens (tertiary/aromatic N) is 1. The van der Waals surface area contributed by atoms with Crippen molar-refractivity contribution in [2.75, 3.05) is 6.54 Å². The second-order valence-corrected chi connectivity index (χ2v) is 6.74. The van der Waals surface area contributed by atoms with Gasteiger partial charge in [0.15, 0.2) is 0 Å². The number of benzene rings is 1. The molecule has 2 aromatic rings. The van der Waals surface area contributed by atoms with Crippen LogP contribution in [0.2, 0.25) is 5.02 Å². The number of nitrogens with one attached hydrogen (secondary N) is 2. The molecule has 8 heteroatoms. The third-order valence-corrected chi connectivity index (χ3v) is 3.87. The number of hydrogen-bond acceptors (Lipinski definition) is 4. The van der Waals surface area contributed by atoms with Crippen LogP contribution in [0.4, 0.5) is 0 Å². The van der Waals surface area contributed by atoms with E-state index in [9.17, 15) is 14.4 Å². The second-order valence-electron chi connectivity index (χ2n) is 6.30. The average Bonchev–Trinajstić information content (AvgIpc) is 2.57. The van der Waals surface area contributed by atoms with Crippen molar-refractivity contribution >= 4 is 40.3 Å². The maximum atomic E-state index is 12.2. The Morgan fingerprint density at radius 3 is 2.54 bits per heavy atom. The van der Waals surface area contributed by atoms with E-state index in [2.05, 4.69) is 15.6 Å². The molecule has 138 valence electrons. The Morgan fingerprint density at radius 2 is 1.88 bits per heavy atom. The summed E-state index contributed by atoms with van der Waals surface area (Å²) in [5.74, 6) is -2.10. The average molecular weight is 378 g/mol. The summed E-state index contributed by atoms with van der Waals surface area (Å²) in [7, 11) is 0. The van der Waals surface area contributed by atoms with Gasteiger partial charge in [0.25, 0.3) is 5.91 Å². The molecule has 3 N–H and O–H groups in total. The summed E-state index contributed by atoms with van der Waals surface area (Å²) < 4.78 is 0. The maximum Gasteiger partial charge on any atom is 0.326 e. The molecule has 0 saturated carbocycles. The lowest BCUT2D eigenvalue weighted by Gasteiger charge is -2.16. The van der Waals surface area contributed by atoms with E-state index < -0.39 is 23.8 Å². The van der Waals surface area contributed by atoms with Gasteiger partial charge in [-0.25, -0.2) is 9.78 Å². The van der Waals surface area contributed by atoms with Gasteiger partial charge in [0, 0.05) is 10.4 Å². The summed E-state index contributed by atoms with van der Waals surface area (Å²) in [6.07, 6.45) is 0.308. The number of pyridine rings is 1. The molecule has 1 atom stereocenters. The fraction of sp³-hybridized carbons (Fsp3) is 0.333. The molecular formula is C18H20ClN3O4. The van der Waals surface area contributed by atoms with Gasteiger partial charge in [-0.2, -0.15) is 0 Å². The van der Waals surface area contributed by atoms with Gasteiger partial charge in [-0.05, 0) is 30.5 Å². The molecule has 0 aliphatic heterocycles. The predicted molar refractivity (Wildman–Crippen MR) is 98.1 cm³/mol. The van der Waals surface area contributed by atoms with E-state index in [1.165, 1.54) is 0 Å². The number of hydrogen-bond donors (Lipinski definition) is 3. The quantitative estimate of drug-likeness (QED) is 0.685. The highest BCUT2D eigenvalue weighted by Gasteiger charge is 2.21. The van der Waals surface area contributed by atoms with Crippen molar-refractivity contribution in [1.82, 2.24) is 15.6 Å². The second kappa shape index (κ2) is 8.62. The molecule has 1 aromatic heterocycles. The van der Waals surface area contributed by atoms with Crippen LogP contribution in [0.3, 0.4) is 0 Å². The minimum Gasteiger partial charge on any atom is -0.480 e. The van der Waals surface area contributed by atoms with E-state index in [0.29, 0.717) is 17.0 Å². The van der Waals surface area contributed by atoms with E-state index >= 15 is 0 Å². The molecule has 1 heterocycles. The van der Waals surface area contributed by atoms with E-state index in [4.69, 9.17) is 16.7 Å². The lowest BCUT2D eigenvalue weighted by atomic mass is 10.0. The highest BCUT2D eigenvalue weighted by Crippen LogP contribution is 2.17. The summed E-state index contributed by atoms with van der Waals surface area (Å²) in [6.45, 7) is 3.39. The first kappa shape index (κ1) is 19.7. The number of fused-ring (bicyclic) bond motifs is 1. The molecule has 0 fully saturated rings. The number of amides is 2. The van der Waals surface area contributed by atoms with Crippen LogP contribution in [-0.2, 0) is 9.59 Å². The van der Waals surface area contributed by atoms with Gasteiger partial charge in [0.05, 0.1) is 12.1 Å². The summed E-state index contributed by atoms with van der Waals surface area (Å²) in [5, 5.41) is 15.3. The van der Waals surface area contributed by atoms with Gasteiger partial charge < -0.3 is 15.7 Å². The van der Waals surface area contributed by atoms with Crippen molar-refractivity contribution in [1.29, 1.82) is 0 Å². The van der Waals surface area contributed by atoms with Crippen LogP contribution in [0.1, 0.15) is 30.8 Å². The number of halogens is 1. The summed E-state index contributed by atoms with van der Waals surface area (Å²) >= 11 is 5.92. The van der Waals surface area contributed by atoms with E-state index in [-0.39, 0.29) is 18.2 Å². The van der Waals surface area contributed by atoms with Crippen LogP contribution < -0.4 is 10.6 Å². The Labute approximate surface area is 155 Å². The molecule has 7 nitrogen and oxygen atoms in total. The third-order valence-electron chi connectivity index (χ3n) is 3.64. The number of carbonyl (C=O) groups is 3. The zero-order valence-electron chi connectivity index (χ0n) is 14.5. The molecule has 0 aliphatic carbocycles. The zero-order valence-corrected chi connectivity index (χ0v) is 15.2. The fourth-order valence-corrected chi connectivity index (χ4v) is 2.57. The number of carboxylic acids is 1. The number of carboxylic acid groups (broad SMARTS) is 1. The van der Waals surface area contributed by atoms with Crippen LogP contribution in [-0.4, -0.2) is 40.5 Å². The van der Waals surface area contributed by atoms with Gasteiger partial charge in [-0.15, -0.1) is 0 Å². The first-order valence-electron chi connectivity index (χ1n) is 8.13. The molecule has 0 bridgehead atoms. The largest absolute Gasteiger partial charge is 0.480 e. The van der Waals surface area contributed by atoms with Crippen molar-refractivity contribution in [3.05, 3.63) is 41.0 Å². The Balaban J connectivity index is 1.97. The van der Waals surface area contributed by atoms with Crippen molar-refractivity contribution in [2.45, 2.75) is 26.3 Å². The topological polar surface area (TPSA) is 108 Å². The van der Waals surface area contributed by atoms with Crippen molar-refractivity contribution in [3.63, 3.8) is 0 Å². The third kappa shape index (κ3) is 5.42. The van der Waals surface area contributed by atoms with Crippen molar-refractivity contribution < 1.29 is 19.5 Å². The molecule has 1 aromatic carbocycles. The van der Waals surface area contributed by atoms with Gasteiger partial charge in [-0.3, -0.25) is 9.59 Å². The molecular weight excluding hydrogens is 358 g/mol. The van der Waals surface area contributed by atoms with Crippen LogP contribution in [0.5, 0.6) is 0 Å². The Kier molecular flexibility index (Phi) is 6.52. The van der Waals surface area contributed by atoms with Gasteiger partial charge in [0.2, 0.25) is 5.91 Å². The Hall–Kier alpha value is -2.67. The van der Waals surface area contributed by atoms with Crippen LogP contribution in [0.25, 0.3) is 10.9 Å². The highest BCUT2D eigenvalue weighted by atomic mass is 35.5. The van der Waals surface area contributed by atoms with Gasteiger partial charge in [0.1, 0.15) is 11.7 Å². The summed E-state index contributed by atoms with van der Waals surface area (Å²) in [4.78, 5) is 39.5. The van der Waals surface area contributed by atoms with Crippen LogP contribution in [0.15, 0.2) is 30.3 Å². The van der Waals surface area contributed by atoms with E-state index in [1.807, 2.05) is 13.8 Å². The molecule has 0 saturated heterocycles. The molecule has 0 spiro atoms. The van der Waals surface area contributed by atoms with Crippen LogP contribution in [0, 0.1) is 5.92 Å². The Bertz CT molecular complexity index is 838. The lowest BCUT2D eigenvalue weighted by molar-refractivity contribution is -0.142. The van der Waals surface area contributed by atoms with Crippen molar-refractivity contribution in [3.8, 4) is 0 Å². The first-order chi connectivity index (χ1) is 12.3. The monoisotopic (exact) mass is 377 g/mol. The molecule has 26 heavy (non-hydrogen) atoms. The number of carbonyl (C=O) groups excluding carboxylic acids is 2. The predicted octanol–water partition coefficient (Wildman–Crippen LogP) is 2.23. The summed E-state index contributed by atoms with van der Waals surface area (Å²) in [6, 6.07) is 7.45. The van der Waals surface area contributed by atoms with E-state index in [0.717, 1.165) is 5.39 Å². The molecule has 0 radical (unpaired) electrons. The molecule has 2 amide bonds.